The molecular formula is C22H23N5O. The molecule has 5 N–H and O–H groups in total. The number of hydrazone groups is 1. The molecule has 1 amide bonds. The molecule has 4 rings (SSSR count). The summed E-state index contributed by atoms with van der Waals surface area (Å²) in [5.74, 6) is 5.86. The van der Waals surface area contributed by atoms with Crippen molar-refractivity contribution < 1.29 is 4.79 Å². The van der Waals surface area contributed by atoms with Gasteiger partial charge < -0.3 is 21.1 Å². The van der Waals surface area contributed by atoms with Crippen molar-refractivity contribution in [3.05, 3.63) is 66.0 Å². The van der Waals surface area contributed by atoms with Gasteiger partial charge in [-0.05, 0) is 59.7 Å². The number of carbonyl (C=O) groups is 1. The van der Waals surface area contributed by atoms with E-state index in [1.165, 1.54) is 0 Å². The van der Waals surface area contributed by atoms with E-state index in [2.05, 4.69) is 34.2 Å². The van der Waals surface area contributed by atoms with Crippen molar-refractivity contribution in [1.29, 1.82) is 0 Å². The average molecular weight is 373 g/mol. The Labute approximate surface area is 162 Å². The molecule has 0 unspecified atom stereocenters. The third-order valence-electron chi connectivity index (χ3n) is 4.77. The first-order chi connectivity index (χ1) is 13.5. The van der Waals surface area contributed by atoms with Gasteiger partial charge in [-0.2, -0.15) is 5.10 Å². The van der Waals surface area contributed by atoms with E-state index in [0.717, 1.165) is 45.2 Å². The maximum atomic E-state index is 12.7. The zero-order valence-electron chi connectivity index (χ0n) is 15.9. The van der Waals surface area contributed by atoms with Crippen molar-refractivity contribution in [2.45, 2.75) is 20.3 Å². The zero-order valence-corrected chi connectivity index (χ0v) is 15.9. The summed E-state index contributed by atoms with van der Waals surface area (Å²) >= 11 is 0. The van der Waals surface area contributed by atoms with E-state index in [9.17, 15) is 4.79 Å². The second-order valence-corrected chi connectivity index (χ2v) is 7.39. The lowest BCUT2D eigenvalue weighted by molar-refractivity contribution is 0.102. The molecule has 0 bridgehead atoms. The van der Waals surface area contributed by atoms with E-state index in [4.69, 9.17) is 5.84 Å². The van der Waals surface area contributed by atoms with E-state index in [0.29, 0.717) is 11.6 Å². The van der Waals surface area contributed by atoms with Gasteiger partial charge in [-0.3, -0.25) is 4.79 Å². The van der Waals surface area contributed by atoms with E-state index < -0.39 is 0 Å². The predicted molar refractivity (Wildman–Crippen MR) is 115 cm³/mol. The van der Waals surface area contributed by atoms with Gasteiger partial charge in [0.05, 0.1) is 5.71 Å². The molecular weight excluding hydrogens is 350 g/mol. The molecule has 0 fully saturated rings. The topological polar surface area (TPSA) is 99.1 Å². The summed E-state index contributed by atoms with van der Waals surface area (Å²) in [6.07, 6.45) is 2.69. The van der Waals surface area contributed by atoms with Gasteiger partial charge in [0.15, 0.2) is 0 Å². The lowest BCUT2D eigenvalue weighted by Gasteiger charge is -2.08. The molecule has 0 saturated carbocycles. The molecule has 0 spiro atoms. The maximum absolute atomic E-state index is 12.7. The summed E-state index contributed by atoms with van der Waals surface area (Å²) < 4.78 is 0. The highest BCUT2D eigenvalue weighted by molar-refractivity contribution is 6.08. The number of anilines is 1. The van der Waals surface area contributed by atoms with Crippen molar-refractivity contribution in [3.63, 3.8) is 0 Å². The number of nitrogens with two attached hydrogens (primary N) is 1. The Bertz CT molecular complexity index is 1180. The Morgan fingerprint density at radius 3 is 2.71 bits per heavy atom. The van der Waals surface area contributed by atoms with Crippen LogP contribution in [0, 0.1) is 5.92 Å². The van der Waals surface area contributed by atoms with Crippen molar-refractivity contribution in [2.75, 3.05) is 5.32 Å². The summed E-state index contributed by atoms with van der Waals surface area (Å²) in [6, 6.07) is 15.6. The van der Waals surface area contributed by atoms with E-state index in [1.807, 2.05) is 54.7 Å². The van der Waals surface area contributed by atoms with Crippen LogP contribution in [-0.4, -0.2) is 21.6 Å². The Morgan fingerprint density at radius 2 is 1.93 bits per heavy atom. The second kappa shape index (κ2) is 7.23. The van der Waals surface area contributed by atoms with Gasteiger partial charge in [-0.15, -0.1) is 0 Å². The third kappa shape index (κ3) is 3.49. The average Bonchev–Trinajstić information content (AvgIpc) is 3.31. The largest absolute Gasteiger partial charge is 0.361 e. The molecule has 0 aliphatic heterocycles. The summed E-state index contributed by atoms with van der Waals surface area (Å²) in [5.41, 5.74) is 4.98. The van der Waals surface area contributed by atoms with Gasteiger partial charge in [-0.1, -0.05) is 26.0 Å². The first-order valence-corrected chi connectivity index (χ1v) is 9.32. The van der Waals surface area contributed by atoms with Gasteiger partial charge in [0, 0.05) is 28.3 Å². The van der Waals surface area contributed by atoms with Crippen LogP contribution in [0.15, 0.2) is 59.8 Å². The monoisotopic (exact) mass is 373 g/mol. The van der Waals surface area contributed by atoms with E-state index in [1.54, 1.807) is 0 Å². The number of benzene rings is 2. The lowest BCUT2D eigenvalue weighted by atomic mass is 9.99. The van der Waals surface area contributed by atoms with Crippen molar-refractivity contribution >= 4 is 39.1 Å². The fourth-order valence-corrected chi connectivity index (χ4v) is 3.39. The predicted octanol–water partition coefficient (Wildman–Crippen LogP) is 4.61. The minimum absolute atomic E-state index is 0.182. The van der Waals surface area contributed by atoms with Gasteiger partial charge in [0.25, 0.3) is 5.91 Å². The van der Waals surface area contributed by atoms with Crippen LogP contribution in [0.1, 0.15) is 36.3 Å². The standard InChI is InChI=1S/C22H23N5O/c1-13(2)9-20(27-23)15-4-6-18-16(10-15)11-21(26-18)22(28)25-17-5-3-14-7-8-24-19(14)12-17/h3-8,10-13,24,26H,9,23H2,1-2H3,(H,25,28)/b27-20+. The molecule has 6 heteroatoms. The summed E-state index contributed by atoms with van der Waals surface area (Å²) in [6.45, 7) is 4.26. The molecule has 0 aliphatic carbocycles. The van der Waals surface area contributed by atoms with Gasteiger partial charge in [0.1, 0.15) is 5.69 Å². The molecule has 2 aromatic carbocycles. The van der Waals surface area contributed by atoms with Crippen LogP contribution in [0.5, 0.6) is 0 Å². The van der Waals surface area contributed by atoms with Crippen molar-refractivity contribution in [3.8, 4) is 0 Å². The summed E-state index contributed by atoms with van der Waals surface area (Å²) in [7, 11) is 0. The minimum Gasteiger partial charge on any atom is -0.361 e. The molecule has 0 radical (unpaired) electrons. The number of aromatic nitrogens is 2. The zero-order chi connectivity index (χ0) is 19.7. The number of carbonyl (C=O) groups excluding carboxylic acids is 1. The van der Waals surface area contributed by atoms with Crippen molar-refractivity contribution in [2.24, 2.45) is 16.9 Å². The maximum Gasteiger partial charge on any atom is 0.272 e. The number of nitrogens with zero attached hydrogens (tertiary/aromatic N) is 1. The van der Waals surface area contributed by atoms with Crippen LogP contribution in [-0.2, 0) is 0 Å². The fourth-order valence-electron chi connectivity index (χ4n) is 3.39. The van der Waals surface area contributed by atoms with Crippen LogP contribution < -0.4 is 11.2 Å². The van der Waals surface area contributed by atoms with Crippen LogP contribution in [0.3, 0.4) is 0 Å². The molecule has 2 heterocycles. The second-order valence-electron chi connectivity index (χ2n) is 7.39. The molecule has 0 aliphatic rings. The number of amides is 1. The molecule has 4 aromatic rings. The summed E-state index contributed by atoms with van der Waals surface area (Å²) in [5, 5.41) is 8.95. The van der Waals surface area contributed by atoms with Crippen LogP contribution in [0.25, 0.3) is 21.8 Å². The van der Waals surface area contributed by atoms with Gasteiger partial charge >= 0.3 is 0 Å². The highest BCUT2D eigenvalue weighted by Crippen LogP contribution is 2.22. The third-order valence-corrected chi connectivity index (χ3v) is 4.77. The molecule has 0 atom stereocenters. The SMILES string of the molecule is CC(C)C/C(=N\N)c1ccc2[nH]c(C(=O)Nc3ccc4cc[nH]c4c3)cc2c1. The number of aromatic amines is 2. The van der Waals surface area contributed by atoms with Crippen molar-refractivity contribution in [1.82, 2.24) is 9.97 Å². The molecule has 6 nitrogen and oxygen atoms in total. The van der Waals surface area contributed by atoms with Gasteiger partial charge in [-0.25, -0.2) is 0 Å². The number of hydrogen-bond acceptors (Lipinski definition) is 3. The number of fused-ring (bicyclic) bond motifs is 2. The number of nitrogens with one attached hydrogen (secondary N) is 3. The smallest absolute Gasteiger partial charge is 0.272 e. The van der Waals surface area contributed by atoms with E-state index >= 15 is 0 Å². The highest BCUT2D eigenvalue weighted by atomic mass is 16.1. The Morgan fingerprint density at radius 1 is 1.07 bits per heavy atom. The van der Waals surface area contributed by atoms with Crippen LogP contribution in [0.2, 0.25) is 0 Å². The van der Waals surface area contributed by atoms with E-state index in [-0.39, 0.29) is 5.91 Å². The normalized spacial score (nSPS) is 12.2. The quantitative estimate of drug-likeness (QED) is 0.233. The Balaban J connectivity index is 1.59. The fraction of sp³-hybridized carbons (Fsp3) is 0.182. The Kier molecular flexibility index (Phi) is 4.61. The Hall–Kier alpha value is -3.54. The number of hydrogen-bond donors (Lipinski definition) is 4. The molecule has 142 valence electrons. The van der Waals surface area contributed by atoms with Crippen LogP contribution >= 0.6 is 0 Å². The first-order valence-electron chi connectivity index (χ1n) is 9.32. The number of rotatable bonds is 5. The number of H-pyrrole nitrogens is 2. The molecule has 2 aromatic heterocycles. The summed E-state index contributed by atoms with van der Waals surface area (Å²) in [4.78, 5) is 19.0. The van der Waals surface area contributed by atoms with Crippen LogP contribution in [0.4, 0.5) is 5.69 Å². The molecule has 28 heavy (non-hydrogen) atoms. The highest BCUT2D eigenvalue weighted by Gasteiger charge is 2.13. The molecule has 0 saturated heterocycles. The minimum atomic E-state index is -0.182. The van der Waals surface area contributed by atoms with Gasteiger partial charge in [0.2, 0.25) is 0 Å². The lowest BCUT2D eigenvalue weighted by Crippen LogP contribution is -2.12. The first kappa shape index (κ1) is 17.9.